The Morgan fingerprint density at radius 1 is 0.185 bits per heavy atom. The molecule has 0 atom stereocenters. The van der Waals surface area contributed by atoms with Crippen molar-refractivity contribution in [2.45, 2.75) is 0 Å². The lowest BCUT2D eigenvalue weighted by molar-refractivity contribution is 1.07. The maximum absolute atomic E-state index is 5.20. The number of rotatable bonds is 8. The van der Waals surface area contributed by atoms with Crippen molar-refractivity contribution in [1.29, 1.82) is 0 Å². The third-order valence-electron chi connectivity index (χ3n) is 9.78. The van der Waals surface area contributed by atoms with Gasteiger partial charge in [-0.05, 0) is 67.8 Å². The molecule has 9 rings (SSSR count). The van der Waals surface area contributed by atoms with Gasteiger partial charge in [0.15, 0.2) is 17.5 Å². The molecule has 1 heterocycles. The van der Waals surface area contributed by atoms with Gasteiger partial charge in [0.2, 0.25) is 0 Å². The van der Waals surface area contributed by atoms with Crippen LogP contribution in [0.4, 0.5) is 0 Å². The zero-order chi connectivity index (χ0) is 36.1. The molecule has 0 aliphatic rings. The van der Waals surface area contributed by atoms with E-state index in [1.165, 1.54) is 11.1 Å². The van der Waals surface area contributed by atoms with Crippen LogP contribution >= 0.6 is 0 Å². The van der Waals surface area contributed by atoms with Crippen molar-refractivity contribution in [2.75, 3.05) is 0 Å². The number of benzene rings is 8. The van der Waals surface area contributed by atoms with Gasteiger partial charge in [-0.3, -0.25) is 0 Å². The molecule has 1 aromatic heterocycles. The SMILES string of the molecule is c1ccc(-c2cccc(-c3ccc(-c4nc(-c5cccc(-c6ccccc6)c5)nc(-c5ccccc5-c5ccccc5-c5ccccc5)n4)cc3)c2)cc1. The van der Waals surface area contributed by atoms with Gasteiger partial charge in [-0.2, -0.15) is 0 Å². The van der Waals surface area contributed by atoms with Crippen LogP contribution < -0.4 is 0 Å². The molecule has 0 amide bonds. The van der Waals surface area contributed by atoms with Crippen LogP contribution in [0, 0.1) is 0 Å². The fourth-order valence-corrected chi connectivity index (χ4v) is 7.04. The second kappa shape index (κ2) is 14.8. The summed E-state index contributed by atoms with van der Waals surface area (Å²) in [5.41, 5.74) is 14.2. The number of hydrogen-bond donors (Lipinski definition) is 0. The van der Waals surface area contributed by atoms with Crippen LogP contribution in [0.3, 0.4) is 0 Å². The molecule has 0 bridgehead atoms. The minimum absolute atomic E-state index is 0.621. The molecule has 54 heavy (non-hydrogen) atoms. The normalized spacial score (nSPS) is 11.0. The second-order valence-corrected chi connectivity index (χ2v) is 13.2. The molecule has 0 fully saturated rings. The van der Waals surface area contributed by atoms with Crippen molar-refractivity contribution in [3.05, 3.63) is 212 Å². The fraction of sp³-hybridized carbons (Fsp3) is 0. The van der Waals surface area contributed by atoms with E-state index in [2.05, 4.69) is 200 Å². The summed E-state index contributed by atoms with van der Waals surface area (Å²) in [6.07, 6.45) is 0. The molecule has 0 aliphatic heterocycles. The van der Waals surface area contributed by atoms with E-state index in [1.807, 2.05) is 12.1 Å². The van der Waals surface area contributed by atoms with Crippen LogP contribution in [0.1, 0.15) is 0 Å². The lowest BCUT2D eigenvalue weighted by atomic mass is 9.91. The van der Waals surface area contributed by atoms with Crippen molar-refractivity contribution in [3.63, 3.8) is 0 Å². The number of nitrogens with zero attached hydrogens (tertiary/aromatic N) is 3. The van der Waals surface area contributed by atoms with Gasteiger partial charge in [0.25, 0.3) is 0 Å². The topological polar surface area (TPSA) is 38.7 Å². The van der Waals surface area contributed by atoms with E-state index in [1.54, 1.807) is 0 Å². The Hall–Kier alpha value is -7.23. The van der Waals surface area contributed by atoms with Crippen LogP contribution in [0.5, 0.6) is 0 Å². The Morgan fingerprint density at radius 3 is 1.07 bits per heavy atom. The quantitative estimate of drug-likeness (QED) is 0.159. The van der Waals surface area contributed by atoms with Gasteiger partial charge in [-0.1, -0.05) is 200 Å². The number of hydrogen-bond acceptors (Lipinski definition) is 3. The van der Waals surface area contributed by atoms with E-state index < -0.39 is 0 Å². The highest BCUT2D eigenvalue weighted by Crippen LogP contribution is 2.38. The Morgan fingerprint density at radius 2 is 0.519 bits per heavy atom. The van der Waals surface area contributed by atoms with Crippen LogP contribution in [-0.2, 0) is 0 Å². The summed E-state index contributed by atoms with van der Waals surface area (Å²) in [7, 11) is 0. The average Bonchev–Trinajstić information content (AvgIpc) is 3.27. The minimum atomic E-state index is 0.621. The highest BCUT2D eigenvalue weighted by atomic mass is 15.0. The molecule has 0 unspecified atom stereocenters. The van der Waals surface area contributed by atoms with E-state index in [-0.39, 0.29) is 0 Å². The van der Waals surface area contributed by atoms with Gasteiger partial charge in [-0.15, -0.1) is 0 Å². The summed E-state index contributed by atoms with van der Waals surface area (Å²) < 4.78 is 0. The average molecular weight is 690 g/mol. The van der Waals surface area contributed by atoms with E-state index >= 15 is 0 Å². The molecule has 0 aliphatic carbocycles. The third-order valence-corrected chi connectivity index (χ3v) is 9.78. The largest absolute Gasteiger partial charge is 0.208 e. The third kappa shape index (κ3) is 6.74. The molecule has 9 aromatic rings. The second-order valence-electron chi connectivity index (χ2n) is 13.2. The molecule has 0 spiro atoms. The monoisotopic (exact) mass is 689 g/mol. The summed E-state index contributed by atoms with van der Waals surface area (Å²) >= 11 is 0. The highest BCUT2D eigenvalue weighted by molar-refractivity contribution is 5.90. The predicted molar refractivity (Wildman–Crippen MR) is 223 cm³/mol. The summed E-state index contributed by atoms with van der Waals surface area (Å²) in [5, 5.41) is 0. The van der Waals surface area contributed by atoms with Gasteiger partial charge in [0, 0.05) is 16.7 Å². The van der Waals surface area contributed by atoms with Crippen LogP contribution in [-0.4, -0.2) is 15.0 Å². The predicted octanol–water partition coefficient (Wildman–Crippen LogP) is 13.2. The molecule has 8 aromatic carbocycles. The van der Waals surface area contributed by atoms with Gasteiger partial charge >= 0.3 is 0 Å². The first-order chi connectivity index (χ1) is 26.8. The molecule has 254 valence electrons. The Bertz CT molecular complexity index is 2690. The molecule has 0 saturated heterocycles. The summed E-state index contributed by atoms with van der Waals surface area (Å²) in [6.45, 7) is 0. The van der Waals surface area contributed by atoms with Crippen molar-refractivity contribution in [1.82, 2.24) is 15.0 Å². The zero-order valence-electron chi connectivity index (χ0n) is 29.5. The lowest BCUT2D eigenvalue weighted by Gasteiger charge is -2.15. The minimum Gasteiger partial charge on any atom is -0.208 e. The maximum Gasteiger partial charge on any atom is 0.164 e. The molecular weight excluding hydrogens is 655 g/mol. The molecule has 0 radical (unpaired) electrons. The summed E-state index contributed by atoms with van der Waals surface area (Å²) in [4.78, 5) is 15.5. The molecule has 0 saturated carbocycles. The van der Waals surface area contributed by atoms with Crippen LogP contribution in [0.2, 0.25) is 0 Å². The molecular formula is C51H35N3. The highest BCUT2D eigenvalue weighted by Gasteiger charge is 2.18. The van der Waals surface area contributed by atoms with E-state index in [0.717, 1.165) is 61.2 Å². The number of aromatic nitrogens is 3. The maximum atomic E-state index is 5.20. The van der Waals surface area contributed by atoms with Gasteiger partial charge in [-0.25, -0.2) is 15.0 Å². The van der Waals surface area contributed by atoms with E-state index in [0.29, 0.717) is 17.5 Å². The van der Waals surface area contributed by atoms with Crippen LogP contribution in [0.25, 0.3) is 89.8 Å². The Balaban J connectivity index is 1.17. The Labute approximate surface area is 316 Å². The van der Waals surface area contributed by atoms with Crippen molar-refractivity contribution < 1.29 is 0 Å². The smallest absolute Gasteiger partial charge is 0.164 e. The first-order valence-corrected chi connectivity index (χ1v) is 18.2. The molecule has 3 nitrogen and oxygen atoms in total. The Kier molecular flexibility index (Phi) is 8.94. The fourth-order valence-electron chi connectivity index (χ4n) is 7.04. The molecule has 3 heteroatoms. The standard InChI is InChI=1S/C51H35N3/c1-4-16-36(17-5-1)41-22-14-23-42(34-41)38-30-32-40(33-31-38)49-52-50(44-25-15-24-43(35-44)37-18-6-2-7-19-37)54-51(53-49)48-29-13-12-28-47(48)46-27-11-10-26-45(46)39-20-8-3-9-21-39/h1-35H. The van der Waals surface area contributed by atoms with E-state index in [9.17, 15) is 0 Å². The van der Waals surface area contributed by atoms with Gasteiger partial charge in [0.1, 0.15) is 0 Å². The molecule has 0 N–H and O–H groups in total. The zero-order valence-corrected chi connectivity index (χ0v) is 29.5. The van der Waals surface area contributed by atoms with E-state index in [4.69, 9.17) is 15.0 Å². The summed E-state index contributed by atoms with van der Waals surface area (Å²) in [6, 6.07) is 74.0. The van der Waals surface area contributed by atoms with Gasteiger partial charge in [0.05, 0.1) is 0 Å². The lowest BCUT2D eigenvalue weighted by Crippen LogP contribution is -2.01. The first kappa shape index (κ1) is 32.7. The van der Waals surface area contributed by atoms with Crippen molar-refractivity contribution in [3.8, 4) is 89.8 Å². The van der Waals surface area contributed by atoms with Gasteiger partial charge < -0.3 is 0 Å². The summed E-state index contributed by atoms with van der Waals surface area (Å²) in [5.74, 6) is 1.87. The first-order valence-electron chi connectivity index (χ1n) is 18.2. The van der Waals surface area contributed by atoms with Crippen LogP contribution in [0.15, 0.2) is 212 Å². The van der Waals surface area contributed by atoms with Crippen molar-refractivity contribution >= 4 is 0 Å². The van der Waals surface area contributed by atoms with Crippen molar-refractivity contribution in [2.24, 2.45) is 0 Å².